The van der Waals surface area contributed by atoms with Gasteiger partial charge in [0.25, 0.3) is 0 Å². The van der Waals surface area contributed by atoms with Crippen LogP contribution in [0.2, 0.25) is 0 Å². The molecule has 243 valence electrons. The summed E-state index contributed by atoms with van der Waals surface area (Å²) < 4.78 is 0. The van der Waals surface area contributed by atoms with Gasteiger partial charge in [0.1, 0.15) is 0 Å². The van der Waals surface area contributed by atoms with Crippen LogP contribution in [0.25, 0.3) is 33.1 Å². The minimum Gasteiger partial charge on any atom is -0.512 e. The molecular formula is C40H51IrN2O2-. The Morgan fingerprint density at radius 3 is 2.18 bits per heavy atom. The normalized spacial score (nSPS) is 13.8. The molecular weight excluding hydrogens is 733 g/mol. The van der Waals surface area contributed by atoms with Crippen molar-refractivity contribution in [1.82, 2.24) is 9.97 Å². The van der Waals surface area contributed by atoms with Crippen LogP contribution in [0.4, 0.5) is 0 Å². The second-order valence-corrected chi connectivity index (χ2v) is 14.1. The van der Waals surface area contributed by atoms with E-state index >= 15 is 0 Å². The van der Waals surface area contributed by atoms with Gasteiger partial charge in [0, 0.05) is 54.8 Å². The minimum atomic E-state index is -0.209. The van der Waals surface area contributed by atoms with E-state index in [1.54, 1.807) is 0 Å². The van der Waals surface area contributed by atoms with Crippen LogP contribution in [0, 0.1) is 30.2 Å². The summed E-state index contributed by atoms with van der Waals surface area (Å²) in [5.74, 6) is 0.547. The molecule has 4 aromatic rings. The molecule has 0 amide bonds. The number of fused-ring (bicyclic) bond motifs is 3. The van der Waals surface area contributed by atoms with Crippen LogP contribution in [0.5, 0.6) is 0 Å². The van der Waals surface area contributed by atoms with Gasteiger partial charge in [-0.2, -0.15) is 0 Å². The van der Waals surface area contributed by atoms with E-state index in [4.69, 9.17) is 9.97 Å². The summed E-state index contributed by atoms with van der Waals surface area (Å²) in [7, 11) is 0. The Balaban J connectivity index is 0.000000297. The largest absolute Gasteiger partial charge is 0.512 e. The Labute approximate surface area is 284 Å². The van der Waals surface area contributed by atoms with E-state index in [1.807, 2.05) is 27.7 Å². The first-order valence-electron chi connectivity index (χ1n) is 16.5. The fourth-order valence-corrected chi connectivity index (χ4v) is 6.55. The van der Waals surface area contributed by atoms with Crippen molar-refractivity contribution < 1.29 is 30.0 Å². The van der Waals surface area contributed by atoms with Gasteiger partial charge in [0.2, 0.25) is 0 Å². The Kier molecular flexibility index (Phi) is 11.9. The second-order valence-electron chi connectivity index (χ2n) is 14.1. The van der Waals surface area contributed by atoms with Crippen molar-refractivity contribution in [1.29, 1.82) is 0 Å². The molecule has 0 spiro atoms. The van der Waals surface area contributed by atoms with Crippen LogP contribution in [-0.4, -0.2) is 20.9 Å². The maximum Gasteiger partial charge on any atom is 0.162 e. The zero-order valence-electron chi connectivity index (χ0n) is 28.9. The van der Waals surface area contributed by atoms with E-state index in [0.717, 1.165) is 60.1 Å². The predicted molar refractivity (Wildman–Crippen MR) is 185 cm³/mol. The third-order valence-corrected chi connectivity index (χ3v) is 9.26. The van der Waals surface area contributed by atoms with Crippen molar-refractivity contribution in [3.63, 3.8) is 0 Å². The molecule has 0 fully saturated rings. The summed E-state index contributed by atoms with van der Waals surface area (Å²) >= 11 is 0. The van der Waals surface area contributed by atoms with Gasteiger partial charge < -0.3 is 5.11 Å². The number of aliphatic hydroxyl groups is 1. The molecule has 0 saturated heterocycles. The third kappa shape index (κ3) is 7.58. The SMILES string of the molecule is CCC(CC)C(=O)/C=C(\O)C(CC)CC.Cc1c[c-]c2c3c(cccc13)C(C)(C)c1nc3c(CC(C)(C)C)cccc3nc1-2.[Ir]. The molecule has 0 bridgehead atoms. The zero-order chi connectivity index (χ0) is 32.4. The number of benzene rings is 3. The van der Waals surface area contributed by atoms with Gasteiger partial charge in [-0.05, 0) is 49.1 Å². The maximum atomic E-state index is 11.7. The van der Waals surface area contributed by atoms with Crippen LogP contribution >= 0.6 is 0 Å². The van der Waals surface area contributed by atoms with Crippen LogP contribution < -0.4 is 0 Å². The summed E-state index contributed by atoms with van der Waals surface area (Å²) in [4.78, 5) is 22.2. The Morgan fingerprint density at radius 2 is 1.58 bits per heavy atom. The molecule has 1 aromatic heterocycles. The standard InChI is InChI=1S/C27H27N2.C13H24O2.Ir/c1-16-13-14-19-22-18(16)10-8-11-20(22)27(5,6)25-24(19)28-21-12-7-9-17(23(21)29-25)15-26(2,3)4;1-5-10(6-2)12(14)9-13(15)11(7-3)8-4;/h7-13H,15H2,1-6H3;9-11,14H,5-8H2,1-4H3;/q-1;;/b;12-9-;. The van der Waals surface area contributed by atoms with Gasteiger partial charge in [-0.3, -0.25) is 14.8 Å². The molecule has 45 heavy (non-hydrogen) atoms. The summed E-state index contributed by atoms with van der Waals surface area (Å²) in [5, 5.41) is 12.3. The molecule has 1 N–H and O–H groups in total. The van der Waals surface area contributed by atoms with Crippen molar-refractivity contribution in [2.75, 3.05) is 0 Å². The van der Waals surface area contributed by atoms with Gasteiger partial charge >= 0.3 is 0 Å². The van der Waals surface area contributed by atoms with Crippen molar-refractivity contribution >= 4 is 27.6 Å². The molecule has 0 saturated carbocycles. The van der Waals surface area contributed by atoms with Crippen LogP contribution in [0.3, 0.4) is 0 Å². The number of hydrogen-bond acceptors (Lipinski definition) is 4. The van der Waals surface area contributed by atoms with E-state index in [-0.39, 0.29) is 54.3 Å². The van der Waals surface area contributed by atoms with Crippen molar-refractivity contribution in [3.8, 4) is 11.3 Å². The van der Waals surface area contributed by atoms with E-state index < -0.39 is 0 Å². The summed E-state index contributed by atoms with van der Waals surface area (Å²) in [6, 6.07) is 18.6. The molecule has 1 aliphatic rings. The Morgan fingerprint density at radius 1 is 0.956 bits per heavy atom. The molecule has 3 aromatic carbocycles. The molecule has 0 atom stereocenters. The van der Waals surface area contributed by atoms with Crippen molar-refractivity contribution in [2.24, 2.45) is 17.3 Å². The van der Waals surface area contributed by atoms with Crippen LogP contribution in [-0.2, 0) is 36.7 Å². The van der Waals surface area contributed by atoms with E-state index in [9.17, 15) is 9.90 Å². The van der Waals surface area contributed by atoms with Crippen LogP contribution in [0.15, 0.2) is 54.3 Å². The summed E-state index contributed by atoms with van der Waals surface area (Å²) in [6.45, 7) is 21.6. The first-order chi connectivity index (χ1) is 20.8. The quantitative estimate of drug-likeness (QED) is 0.110. The average molecular weight is 784 g/mol. The molecule has 1 aliphatic carbocycles. The smallest absolute Gasteiger partial charge is 0.162 e. The van der Waals surface area contributed by atoms with Gasteiger partial charge in [-0.1, -0.05) is 116 Å². The number of allylic oxidation sites excluding steroid dienone is 2. The third-order valence-electron chi connectivity index (χ3n) is 9.26. The molecule has 0 unspecified atom stereocenters. The zero-order valence-corrected chi connectivity index (χ0v) is 31.3. The van der Waals surface area contributed by atoms with Crippen molar-refractivity contribution in [3.05, 3.63) is 82.8 Å². The minimum absolute atomic E-state index is 0. The van der Waals surface area contributed by atoms with Gasteiger partial charge in [0.05, 0.1) is 16.8 Å². The number of hydrogen-bond donors (Lipinski definition) is 1. The first kappa shape index (κ1) is 36.6. The maximum absolute atomic E-state index is 11.7. The summed E-state index contributed by atoms with van der Waals surface area (Å²) in [5.41, 5.74) is 8.99. The monoisotopic (exact) mass is 784 g/mol. The fourth-order valence-electron chi connectivity index (χ4n) is 6.55. The number of carbonyl (C=O) groups excluding carboxylic acids is 1. The van der Waals surface area contributed by atoms with E-state index in [0.29, 0.717) is 0 Å². The number of carbonyl (C=O) groups is 1. The molecule has 5 heteroatoms. The number of aliphatic hydroxyl groups excluding tert-OH is 1. The van der Waals surface area contributed by atoms with E-state index in [1.165, 1.54) is 33.5 Å². The predicted octanol–water partition coefficient (Wildman–Crippen LogP) is 10.7. The number of aromatic nitrogens is 2. The topological polar surface area (TPSA) is 63.1 Å². The molecule has 1 radical (unpaired) electrons. The molecule has 0 aliphatic heterocycles. The first-order valence-corrected chi connectivity index (χ1v) is 16.5. The number of nitrogens with zero attached hydrogens (tertiary/aromatic N) is 2. The van der Waals surface area contributed by atoms with Crippen molar-refractivity contribution in [2.45, 2.75) is 107 Å². The number of para-hydroxylation sites is 1. The Hall–Kier alpha value is -2.88. The average Bonchev–Trinajstić information content (AvgIpc) is 2.97. The Bertz CT molecular complexity index is 1690. The van der Waals surface area contributed by atoms with Gasteiger partial charge in [-0.25, -0.2) is 0 Å². The fraction of sp³-hybridized carbons (Fsp3) is 0.475. The van der Waals surface area contributed by atoms with E-state index in [2.05, 4.69) is 90.1 Å². The van der Waals surface area contributed by atoms with Crippen LogP contribution in [0.1, 0.15) is 110 Å². The number of rotatable bonds is 8. The van der Waals surface area contributed by atoms with Gasteiger partial charge in [-0.15, -0.1) is 23.3 Å². The molecule has 1 heterocycles. The second kappa shape index (κ2) is 14.7. The number of ketones is 1. The summed E-state index contributed by atoms with van der Waals surface area (Å²) in [6.07, 6.45) is 5.89. The van der Waals surface area contributed by atoms with Gasteiger partial charge in [0.15, 0.2) is 5.78 Å². The molecule has 4 nitrogen and oxygen atoms in total. The number of aryl methyl sites for hydroxylation is 1. The molecule has 5 rings (SSSR count).